The first-order valence-electron chi connectivity index (χ1n) is 7.51. The molecule has 1 atom stereocenters. The van der Waals surface area contributed by atoms with Gasteiger partial charge in [0.1, 0.15) is 0 Å². The highest BCUT2D eigenvalue weighted by atomic mass is 15.0. The van der Waals surface area contributed by atoms with Crippen LogP contribution in [0.25, 0.3) is 0 Å². The molecular weight excluding hydrogens is 242 g/mol. The van der Waals surface area contributed by atoms with Gasteiger partial charge < -0.3 is 5.32 Å². The highest BCUT2D eigenvalue weighted by molar-refractivity contribution is 5.64. The van der Waals surface area contributed by atoms with Crippen LogP contribution in [0, 0.1) is 13.8 Å². The van der Waals surface area contributed by atoms with Gasteiger partial charge in [-0.15, -0.1) is 0 Å². The number of nitrogens with one attached hydrogen (secondary N) is 1. The van der Waals surface area contributed by atoms with Crippen molar-refractivity contribution in [3.8, 4) is 0 Å². The van der Waals surface area contributed by atoms with E-state index in [0.29, 0.717) is 12.0 Å². The average molecular weight is 265 g/mol. The van der Waals surface area contributed by atoms with E-state index in [1.165, 1.54) is 33.5 Å². The van der Waals surface area contributed by atoms with Crippen LogP contribution in [-0.2, 0) is 6.42 Å². The molecule has 104 valence electrons. The van der Waals surface area contributed by atoms with Crippen LogP contribution in [0.5, 0.6) is 0 Å². The Morgan fingerprint density at radius 1 is 1.10 bits per heavy atom. The summed E-state index contributed by atoms with van der Waals surface area (Å²) in [7, 11) is 0. The van der Waals surface area contributed by atoms with Crippen molar-refractivity contribution in [2.24, 2.45) is 0 Å². The van der Waals surface area contributed by atoms with Crippen LogP contribution in [0.2, 0.25) is 0 Å². The van der Waals surface area contributed by atoms with Gasteiger partial charge in [-0.3, -0.25) is 0 Å². The summed E-state index contributed by atoms with van der Waals surface area (Å²) in [6.45, 7) is 8.92. The van der Waals surface area contributed by atoms with Gasteiger partial charge in [-0.25, -0.2) is 0 Å². The van der Waals surface area contributed by atoms with E-state index in [-0.39, 0.29) is 0 Å². The van der Waals surface area contributed by atoms with E-state index in [1.807, 2.05) is 0 Å². The van der Waals surface area contributed by atoms with E-state index in [1.54, 1.807) is 0 Å². The number of anilines is 1. The topological polar surface area (TPSA) is 12.0 Å². The summed E-state index contributed by atoms with van der Waals surface area (Å²) in [5, 5.41) is 3.77. The Labute approximate surface area is 122 Å². The first kappa shape index (κ1) is 13.2. The van der Waals surface area contributed by atoms with E-state index in [4.69, 9.17) is 0 Å². The Morgan fingerprint density at radius 3 is 2.65 bits per heavy atom. The van der Waals surface area contributed by atoms with E-state index in [0.717, 1.165) is 6.42 Å². The molecular formula is C19H23N. The maximum atomic E-state index is 3.77. The van der Waals surface area contributed by atoms with Crippen LogP contribution in [0.4, 0.5) is 5.69 Å². The van der Waals surface area contributed by atoms with E-state index in [2.05, 4.69) is 69.4 Å². The summed E-state index contributed by atoms with van der Waals surface area (Å²) in [4.78, 5) is 0. The smallest absolute Gasteiger partial charge is 0.0557 e. The first-order valence-corrected chi connectivity index (χ1v) is 7.51. The molecule has 0 saturated heterocycles. The molecule has 20 heavy (non-hydrogen) atoms. The lowest BCUT2D eigenvalue weighted by Crippen LogP contribution is -2.08. The van der Waals surface area contributed by atoms with Gasteiger partial charge in [0.05, 0.1) is 6.04 Å². The molecule has 0 spiro atoms. The summed E-state index contributed by atoms with van der Waals surface area (Å²) in [5.41, 5.74) is 8.43. The minimum atomic E-state index is 0.421. The molecule has 0 radical (unpaired) electrons. The van der Waals surface area contributed by atoms with Crippen molar-refractivity contribution in [3.63, 3.8) is 0 Å². The highest BCUT2D eigenvalue weighted by Crippen LogP contribution is 2.39. The SMILES string of the molecule is Cc1ccc(C)c(C2Cc3cccc(C(C)C)c3N2)c1. The van der Waals surface area contributed by atoms with Gasteiger partial charge in [0.2, 0.25) is 0 Å². The second-order valence-electron chi connectivity index (χ2n) is 6.30. The molecule has 1 heterocycles. The zero-order chi connectivity index (χ0) is 14.3. The minimum Gasteiger partial charge on any atom is -0.377 e. The number of aryl methyl sites for hydroxylation is 2. The normalized spacial score (nSPS) is 17.1. The summed E-state index contributed by atoms with van der Waals surface area (Å²) < 4.78 is 0. The highest BCUT2D eigenvalue weighted by Gasteiger charge is 2.25. The second kappa shape index (κ2) is 4.97. The van der Waals surface area contributed by atoms with Crippen molar-refractivity contribution in [2.45, 2.75) is 46.1 Å². The third-order valence-electron chi connectivity index (χ3n) is 4.36. The summed E-state index contributed by atoms with van der Waals surface area (Å²) in [5.74, 6) is 0.565. The summed E-state index contributed by atoms with van der Waals surface area (Å²) in [6, 6.07) is 13.9. The largest absolute Gasteiger partial charge is 0.377 e. The molecule has 0 aromatic heterocycles. The standard InChI is InChI=1S/C19H23N/c1-12(2)16-7-5-6-15-11-18(20-19(15)16)17-10-13(3)8-9-14(17)4/h5-10,12,18,20H,11H2,1-4H3. The Kier molecular flexibility index (Phi) is 3.29. The molecule has 0 bridgehead atoms. The number of rotatable bonds is 2. The Morgan fingerprint density at radius 2 is 1.90 bits per heavy atom. The van der Waals surface area contributed by atoms with Crippen molar-refractivity contribution >= 4 is 5.69 Å². The van der Waals surface area contributed by atoms with Gasteiger partial charge in [0, 0.05) is 5.69 Å². The van der Waals surface area contributed by atoms with Gasteiger partial charge in [0.25, 0.3) is 0 Å². The van der Waals surface area contributed by atoms with E-state index >= 15 is 0 Å². The van der Waals surface area contributed by atoms with Crippen LogP contribution in [0.3, 0.4) is 0 Å². The molecule has 3 rings (SSSR count). The molecule has 1 aliphatic heterocycles. The summed E-state index contributed by atoms with van der Waals surface area (Å²) >= 11 is 0. The third kappa shape index (κ3) is 2.22. The van der Waals surface area contributed by atoms with Crippen LogP contribution in [0.15, 0.2) is 36.4 Å². The molecule has 0 saturated carbocycles. The molecule has 1 heteroatoms. The second-order valence-corrected chi connectivity index (χ2v) is 6.30. The van der Waals surface area contributed by atoms with Crippen LogP contribution < -0.4 is 5.32 Å². The van der Waals surface area contributed by atoms with Gasteiger partial charge in [-0.2, -0.15) is 0 Å². The number of hydrogen-bond donors (Lipinski definition) is 1. The molecule has 1 nitrogen and oxygen atoms in total. The zero-order valence-corrected chi connectivity index (χ0v) is 12.8. The third-order valence-corrected chi connectivity index (χ3v) is 4.36. The fraction of sp³-hybridized carbons (Fsp3) is 0.368. The molecule has 1 unspecified atom stereocenters. The number of fused-ring (bicyclic) bond motifs is 1. The molecule has 0 amide bonds. The first-order chi connectivity index (χ1) is 9.56. The van der Waals surface area contributed by atoms with Gasteiger partial charge in [-0.1, -0.05) is 55.8 Å². The average Bonchev–Trinajstić information content (AvgIpc) is 2.84. The monoisotopic (exact) mass is 265 g/mol. The molecule has 1 aliphatic rings. The lowest BCUT2D eigenvalue weighted by atomic mass is 9.95. The fourth-order valence-electron chi connectivity index (χ4n) is 3.22. The van der Waals surface area contributed by atoms with E-state index < -0.39 is 0 Å². The molecule has 2 aromatic rings. The Bertz CT molecular complexity index is 640. The predicted octanol–water partition coefficient (Wildman–Crippen LogP) is 5.14. The predicted molar refractivity (Wildman–Crippen MR) is 86.5 cm³/mol. The lowest BCUT2D eigenvalue weighted by molar-refractivity contribution is 0.812. The summed E-state index contributed by atoms with van der Waals surface area (Å²) in [6.07, 6.45) is 1.10. The van der Waals surface area contributed by atoms with Crippen LogP contribution in [0.1, 0.15) is 53.6 Å². The molecule has 0 fully saturated rings. The number of para-hydroxylation sites is 1. The van der Waals surface area contributed by atoms with Gasteiger partial charge in [-0.05, 0) is 48.4 Å². The van der Waals surface area contributed by atoms with Crippen LogP contribution >= 0.6 is 0 Å². The van der Waals surface area contributed by atoms with Crippen molar-refractivity contribution < 1.29 is 0 Å². The molecule has 2 aromatic carbocycles. The van der Waals surface area contributed by atoms with E-state index in [9.17, 15) is 0 Å². The van der Waals surface area contributed by atoms with Crippen LogP contribution in [-0.4, -0.2) is 0 Å². The Balaban J connectivity index is 1.98. The van der Waals surface area contributed by atoms with Crippen molar-refractivity contribution in [1.82, 2.24) is 0 Å². The zero-order valence-electron chi connectivity index (χ0n) is 12.8. The van der Waals surface area contributed by atoms with Gasteiger partial charge in [0.15, 0.2) is 0 Å². The van der Waals surface area contributed by atoms with Gasteiger partial charge >= 0.3 is 0 Å². The maximum Gasteiger partial charge on any atom is 0.0557 e. The molecule has 0 aliphatic carbocycles. The maximum absolute atomic E-state index is 3.77. The minimum absolute atomic E-state index is 0.421. The van der Waals surface area contributed by atoms with Crippen molar-refractivity contribution in [3.05, 3.63) is 64.2 Å². The Hall–Kier alpha value is -1.76. The quantitative estimate of drug-likeness (QED) is 0.793. The fourth-order valence-corrected chi connectivity index (χ4v) is 3.22. The lowest BCUT2D eigenvalue weighted by Gasteiger charge is -2.17. The number of hydrogen-bond acceptors (Lipinski definition) is 1. The number of benzene rings is 2. The molecule has 1 N–H and O–H groups in total. The van der Waals surface area contributed by atoms with Crippen molar-refractivity contribution in [1.29, 1.82) is 0 Å². The van der Waals surface area contributed by atoms with Crippen molar-refractivity contribution in [2.75, 3.05) is 5.32 Å².